The zero-order valence-corrected chi connectivity index (χ0v) is 9.76. The van der Waals surface area contributed by atoms with E-state index in [4.69, 9.17) is 4.55 Å². The quantitative estimate of drug-likeness (QED) is 0.519. The molecule has 0 radical (unpaired) electrons. The Hall–Kier alpha value is -1.68. The Balaban J connectivity index is 2.79. The standard InChI is InChI=1S/C9H6F4O5S/c10-6-2-1-5(3-7(6)11)8(14)18-4-9(12,13)19(15,16)17/h1-3H,4H2,(H,15,16,17). The number of rotatable bonds is 4. The lowest BCUT2D eigenvalue weighted by Gasteiger charge is -2.12. The highest BCUT2D eigenvalue weighted by Gasteiger charge is 2.45. The van der Waals surface area contributed by atoms with Gasteiger partial charge < -0.3 is 4.74 Å². The van der Waals surface area contributed by atoms with Gasteiger partial charge in [-0.25, -0.2) is 13.6 Å². The average Bonchev–Trinajstić information content (AvgIpc) is 2.28. The topological polar surface area (TPSA) is 80.7 Å². The van der Waals surface area contributed by atoms with Crippen LogP contribution in [0.1, 0.15) is 10.4 Å². The summed E-state index contributed by atoms with van der Waals surface area (Å²) in [6.07, 6.45) is 0. The van der Waals surface area contributed by atoms with Crippen molar-refractivity contribution in [3.8, 4) is 0 Å². The van der Waals surface area contributed by atoms with E-state index < -0.39 is 45.1 Å². The number of benzene rings is 1. The maximum atomic E-state index is 12.7. The molecule has 19 heavy (non-hydrogen) atoms. The molecule has 0 fully saturated rings. The highest BCUT2D eigenvalue weighted by atomic mass is 32.2. The van der Waals surface area contributed by atoms with Crippen molar-refractivity contribution < 1.29 is 40.1 Å². The first kappa shape index (κ1) is 15.4. The summed E-state index contributed by atoms with van der Waals surface area (Å²) in [7, 11) is -5.74. The number of hydrogen-bond acceptors (Lipinski definition) is 4. The molecule has 0 saturated carbocycles. The number of ether oxygens (including phenoxy) is 1. The van der Waals surface area contributed by atoms with Gasteiger partial charge in [0.15, 0.2) is 18.2 Å². The van der Waals surface area contributed by atoms with E-state index in [9.17, 15) is 30.8 Å². The summed E-state index contributed by atoms with van der Waals surface area (Å²) in [6.45, 7) is -1.95. The van der Waals surface area contributed by atoms with E-state index in [0.29, 0.717) is 12.1 Å². The molecule has 0 amide bonds. The van der Waals surface area contributed by atoms with E-state index >= 15 is 0 Å². The lowest BCUT2D eigenvalue weighted by molar-refractivity contribution is -0.00953. The van der Waals surface area contributed by atoms with E-state index in [1.807, 2.05) is 0 Å². The number of carbonyl (C=O) groups excluding carboxylic acids is 1. The minimum atomic E-state index is -5.74. The summed E-state index contributed by atoms with van der Waals surface area (Å²) in [5.41, 5.74) is -0.593. The van der Waals surface area contributed by atoms with Crippen LogP contribution in [0.4, 0.5) is 17.6 Å². The minimum Gasteiger partial charge on any atom is -0.454 e. The van der Waals surface area contributed by atoms with Gasteiger partial charge in [-0.1, -0.05) is 0 Å². The number of halogens is 4. The summed E-state index contributed by atoms with van der Waals surface area (Å²) < 4.78 is 83.1. The normalized spacial score (nSPS) is 12.3. The van der Waals surface area contributed by atoms with E-state index in [1.54, 1.807) is 0 Å². The summed E-state index contributed by atoms with van der Waals surface area (Å²) in [5, 5.41) is -4.69. The van der Waals surface area contributed by atoms with Crippen molar-refractivity contribution in [1.29, 1.82) is 0 Å². The fraction of sp³-hybridized carbons (Fsp3) is 0.222. The Kier molecular flexibility index (Phi) is 4.15. The monoisotopic (exact) mass is 302 g/mol. The molecule has 0 spiro atoms. The van der Waals surface area contributed by atoms with Crippen LogP contribution in [0.25, 0.3) is 0 Å². The van der Waals surface area contributed by atoms with Crippen molar-refractivity contribution >= 4 is 16.1 Å². The van der Waals surface area contributed by atoms with Crippen molar-refractivity contribution in [2.75, 3.05) is 6.61 Å². The van der Waals surface area contributed by atoms with Crippen LogP contribution in [0, 0.1) is 11.6 Å². The Morgan fingerprint density at radius 2 is 1.84 bits per heavy atom. The van der Waals surface area contributed by atoms with Gasteiger partial charge in [-0.2, -0.15) is 17.2 Å². The second kappa shape index (κ2) is 5.13. The van der Waals surface area contributed by atoms with Crippen LogP contribution in [0.2, 0.25) is 0 Å². The largest absolute Gasteiger partial charge is 0.454 e. The predicted molar refractivity (Wildman–Crippen MR) is 53.1 cm³/mol. The van der Waals surface area contributed by atoms with Crippen molar-refractivity contribution in [2.45, 2.75) is 5.25 Å². The zero-order valence-electron chi connectivity index (χ0n) is 8.94. The molecule has 1 aromatic rings. The van der Waals surface area contributed by atoms with Crippen molar-refractivity contribution in [2.24, 2.45) is 0 Å². The number of alkyl halides is 2. The number of hydrogen-bond donors (Lipinski definition) is 1. The minimum absolute atomic E-state index is 0.392. The lowest BCUT2D eigenvalue weighted by atomic mass is 10.2. The van der Waals surface area contributed by atoms with Gasteiger partial charge in [-0.15, -0.1) is 0 Å². The second-order valence-electron chi connectivity index (χ2n) is 3.32. The van der Waals surface area contributed by atoms with Crippen LogP contribution < -0.4 is 0 Å². The number of carbonyl (C=O) groups is 1. The molecule has 0 heterocycles. The third-order valence-corrected chi connectivity index (χ3v) is 2.78. The zero-order chi connectivity index (χ0) is 14.8. The first-order chi connectivity index (χ1) is 8.54. The molecular formula is C9H6F4O5S. The molecule has 1 N–H and O–H groups in total. The van der Waals surface area contributed by atoms with Crippen LogP contribution >= 0.6 is 0 Å². The Morgan fingerprint density at radius 3 is 2.32 bits per heavy atom. The van der Waals surface area contributed by atoms with Crippen molar-refractivity contribution in [1.82, 2.24) is 0 Å². The summed E-state index contributed by atoms with van der Waals surface area (Å²) in [4.78, 5) is 11.2. The third-order valence-electron chi connectivity index (χ3n) is 1.90. The summed E-state index contributed by atoms with van der Waals surface area (Å²) in [5.74, 6) is -4.17. The average molecular weight is 302 g/mol. The maximum absolute atomic E-state index is 12.7. The van der Waals surface area contributed by atoms with Crippen LogP contribution in [0.5, 0.6) is 0 Å². The summed E-state index contributed by atoms with van der Waals surface area (Å²) in [6, 6.07) is 1.71. The lowest BCUT2D eigenvalue weighted by Crippen LogP contribution is -2.34. The fourth-order valence-electron chi connectivity index (χ4n) is 0.930. The molecule has 1 aromatic carbocycles. The van der Waals surface area contributed by atoms with Gasteiger partial charge in [-0.05, 0) is 18.2 Å². The molecule has 5 nitrogen and oxygen atoms in total. The molecule has 106 valence electrons. The molecule has 0 aliphatic heterocycles. The van der Waals surface area contributed by atoms with Gasteiger partial charge in [0.2, 0.25) is 0 Å². The molecule has 0 aliphatic carbocycles. The van der Waals surface area contributed by atoms with E-state index in [2.05, 4.69) is 4.74 Å². The van der Waals surface area contributed by atoms with Gasteiger partial charge in [-0.3, -0.25) is 4.55 Å². The predicted octanol–water partition coefficient (Wildman–Crippen LogP) is 1.60. The molecule has 0 aromatic heterocycles. The molecule has 1 rings (SSSR count). The molecule has 0 atom stereocenters. The first-order valence-corrected chi connectivity index (χ1v) is 5.95. The number of esters is 1. The molecule has 0 aliphatic rings. The SMILES string of the molecule is O=C(OCC(F)(F)S(=O)(=O)O)c1ccc(F)c(F)c1. The van der Waals surface area contributed by atoms with Crippen LogP contribution in [0.3, 0.4) is 0 Å². The van der Waals surface area contributed by atoms with Crippen LogP contribution in [-0.4, -0.2) is 30.8 Å². The van der Waals surface area contributed by atoms with Crippen molar-refractivity contribution in [3.05, 3.63) is 35.4 Å². The van der Waals surface area contributed by atoms with E-state index in [0.717, 1.165) is 6.07 Å². The molecular weight excluding hydrogens is 296 g/mol. The summed E-state index contributed by atoms with van der Waals surface area (Å²) >= 11 is 0. The van der Waals surface area contributed by atoms with Crippen molar-refractivity contribution in [3.63, 3.8) is 0 Å². The Bertz CT molecular complexity index is 599. The van der Waals surface area contributed by atoms with E-state index in [1.165, 1.54) is 0 Å². The first-order valence-electron chi connectivity index (χ1n) is 4.51. The van der Waals surface area contributed by atoms with Gasteiger partial charge in [0.05, 0.1) is 5.56 Å². The fourth-order valence-corrected chi connectivity index (χ4v) is 1.14. The smallest absolute Gasteiger partial charge is 0.402 e. The maximum Gasteiger partial charge on any atom is 0.402 e. The van der Waals surface area contributed by atoms with Gasteiger partial charge in [0.25, 0.3) is 0 Å². The highest BCUT2D eigenvalue weighted by Crippen LogP contribution is 2.21. The second-order valence-corrected chi connectivity index (χ2v) is 4.86. The highest BCUT2D eigenvalue weighted by molar-refractivity contribution is 7.86. The Labute approximate surface area is 104 Å². The third kappa shape index (κ3) is 3.64. The van der Waals surface area contributed by atoms with Crippen LogP contribution in [0.15, 0.2) is 18.2 Å². The van der Waals surface area contributed by atoms with Crippen LogP contribution in [-0.2, 0) is 14.9 Å². The van der Waals surface area contributed by atoms with Gasteiger partial charge in [0, 0.05) is 0 Å². The molecule has 10 heteroatoms. The molecule has 0 bridgehead atoms. The molecule has 0 saturated heterocycles. The van der Waals surface area contributed by atoms with E-state index in [-0.39, 0.29) is 0 Å². The van der Waals surface area contributed by atoms with Gasteiger partial charge in [0.1, 0.15) is 0 Å². The molecule has 0 unspecified atom stereocenters. The van der Waals surface area contributed by atoms with Gasteiger partial charge >= 0.3 is 21.3 Å². The Morgan fingerprint density at radius 1 is 1.26 bits per heavy atom.